The zero-order chi connectivity index (χ0) is 13.6. The Balaban J connectivity index is 2.51. The lowest BCUT2D eigenvalue weighted by Crippen LogP contribution is -2.44. The Bertz CT molecular complexity index is 226. The van der Waals surface area contributed by atoms with Gasteiger partial charge in [0.15, 0.2) is 0 Å². The number of ether oxygens (including phenoxy) is 1. The van der Waals surface area contributed by atoms with Gasteiger partial charge in [-0.1, -0.05) is 13.8 Å². The molecule has 0 bridgehead atoms. The molecule has 2 unspecified atom stereocenters. The highest BCUT2D eigenvalue weighted by Gasteiger charge is 2.38. The van der Waals surface area contributed by atoms with Gasteiger partial charge in [-0.25, -0.2) is 8.78 Å². The van der Waals surface area contributed by atoms with Gasteiger partial charge >= 0.3 is 0 Å². The van der Waals surface area contributed by atoms with E-state index < -0.39 is 5.92 Å². The van der Waals surface area contributed by atoms with Crippen molar-refractivity contribution in [2.24, 2.45) is 11.8 Å². The minimum atomic E-state index is -2.43. The fourth-order valence-corrected chi connectivity index (χ4v) is 2.97. The van der Waals surface area contributed by atoms with Crippen LogP contribution in [0, 0.1) is 11.8 Å². The van der Waals surface area contributed by atoms with E-state index in [0.29, 0.717) is 30.7 Å². The Morgan fingerprint density at radius 2 is 1.94 bits per heavy atom. The molecule has 0 spiro atoms. The van der Waals surface area contributed by atoms with Gasteiger partial charge < -0.3 is 10.1 Å². The second-order valence-electron chi connectivity index (χ2n) is 5.54. The predicted molar refractivity (Wildman–Crippen MR) is 70.0 cm³/mol. The van der Waals surface area contributed by atoms with Crippen molar-refractivity contribution < 1.29 is 13.5 Å². The third kappa shape index (κ3) is 4.81. The van der Waals surface area contributed by atoms with E-state index >= 15 is 0 Å². The van der Waals surface area contributed by atoms with Gasteiger partial charge in [0.05, 0.1) is 0 Å². The van der Waals surface area contributed by atoms with Crippen LogP contribution in [0.3, 0.4) is 0 Å². The normalized spacial score (nSPS) is 23.8. The fraction of sp³-hybridized carbons (Fsp3) is 1.00. The maximum Gasteiger partial charge on any atom is 0.248 e. The van der Waals surface area contributed by atoms with Gasteiger partial charge in [-0.05, 0) is 37.6 Å². The first-order valence-electron chi connectivity index (χ1n) is 7.10. The molecule has 0 radical (unpaired) electrons. The van der Waals surface area contributed by atoms with Crippen LogP contribution in [0.15, 0.2) is 0 Å². The molecule has 18 heavy (non-hydrogen) atoms. The van der Waals surface area contributed by atoms with Crippen LogP contribution in [-0.2, 0) is 4.74 Å². The summed E-state index contributed by atoms with van der Waals surface area (Å²) in [7, 11) is 1.70. The SMILES string of the molecule is CCNC(C(C)CCOC)C1CCC(F)(F)CC1. The number of halogens is 2. The molecule has 1 N–H and O–H groups in total. The van der Waals surface area contributed by atoms with Gasteiger partial charge in [-0.15, -0.1) is 0 Å². The molecule has 108 valence electrons. The molecule has 1 rings (SSSR count). The highest BCUT2D eigenvalue weighted by molar-refractivity contribution is 4.87. The molecular formula is C14H27F2NO. The van der Waals surface area contributed by atoms with Crippen molar-refractivity contribution in [1.82, 2.24) is 5.32 Å². The molecule has 1 fully saturated rings. The van der Waals surface area contributed by atoms with E-state index in [4.69, 9.17) is 4.74 Å². The second kappa shape index (κ2) is 7.39. The zero-order valence-electron chi connectivity index (χ0n) is 11.8. The van der Waals surface area contributed by atoms with E-state index in [2.05, 4.69) is 19.2 Å². The molecule has 0 saturated heterocycles. The van der Waals surface area contributed by atoms with E-state index in [9.17, 15) is 8.78 Å². The maximum atomic E-state index is 13.2. The summed E-state index contributed by atoms with van der Waals surface area (Å²) in [6.45, 7) is 5.91. The van der Waals surface area contributed by atoms with Gasteiger partial charge in [0.2, 0.25) is 5.92 Å². The Labute approximate surface area is 109 Å². The average Bonchev–Trinajstić information content (AvgIpc) is 2.33. The van der Waals surface area contributed by atoms with Crippen molar-refractivity contribution in [3.8, 4) is 0 Å². The summed E-state index contributed by atoms with van der Waals surface area (Å²) in [4.78, 5) is 0. The van der Waals surface area contributed by atoms with E-state index in [1.165, 1.54) is 0 Å². The van der Waals surface area contributed by atoms with Crippen LogP contribution >= 0.6 is 0 Å². The van der Waals surface area contributed by atoms with Crippen molar-refractivity contribution in [2.45, 2.75) is 57.9 Å². The van der Waals surface area contributed by atoms with Crippen LogP contribution in [0.2, 0.25) is 0 Å². The third-order valence-electron chi connectivity index (χ3n) is 4.10. The first kappa shape index (κ1) is 15.8. The fourth-order valence-electron chi connectivity index (χ4n) is 2.97. The highest BCUT2D eigenvalue weighted by Crippen LogP contribution is 2.39. The van der Waals surface area contributed by atoms with Crippen LogP contribution < -0.4 is 5.32 Å². The largest absolute Gasteiger partial charge is 0.385 e. The maximum absolute atomic E-state index is 13.2. The van der Waals surface area contributed by atoms with Gasteiger partial charge in [0.1, 0.15) is 0 Å². The standard InChI is InChI=1S/C14H27F2NO/c1-4-17-13(11(2)7-10-18-3)12-5-8-14(15,16)9-6-12/h11-13,17H,4-10H2,1-3H3. The molecule has 1 saturated carbocycles. The van der Waals surface area contributed by atoms with E-state index in [1.807, 2.05) is 0 Å². The number of hydrogen-bond donors (Lipinski definition) is 1. The van der Waals surface area contributed by atoms with E-state index in [1.54, 1.807) is 7.11 Å². The van der Waals surface area contributed by atoms with E-state index in [0.717, 1.165) is 19.6 Å². The van der Waals surface area contributed by atoms with Crippen LogP contribution in [0.1, 0.15) is 46.0 Å². The molecular weight excluding hydrogens is 236 g/mol. The number of rotatable bonds is 7. The molecule has 1 aliphatic carbocycles. The number of alkyl halides is 2. The molecule has 0 amide bonds. The third-order valence-corrected chi connectivity index (χ3v) is 4.10. The zero-order valence-corrected chi connectivity index (χ0v) is 11.8. The highest BCUT2D eigenvalue weighted by atomic mass is 19.3. The molecule has 0 aliphatic heterocycles. The van der Waals surface area contributed by atoms with Crippen molar-refractivity contribution in [3.63, 3.8) is 0 Å². The summed E-state index contributed by atoms with van der Waals surface area (Å²) < 4.78 is 31.5. The monoisotopic (exact) mass is 263 g/mol. The van der Waals surface area contributed by atoms with Gasteiger partial charge in [0.25, 0.3) is 0 Å². The Kier molecular flexibility index (Phi) is 6.50. The van der Waals surface area contributed by atoms with Crippen molar-refractivity contribution in [2.75, 3.05) is 20.3 Å². The average molecular weight is 263 g/mol. The van der Waals surface area contributed by atoms with Gasteiger partial charge in [0, 0.05) is 32.6 Å². The van der Waals surface area contributed by atoms with Crippen molar-refractivity contribution >= 4 is 0 Å². The topological polar surface area (TPSA) is 21.3 Å². The summed E-state index contributed by atoms with van der Waals surface area (Å²) in [6.07, 6.45) is 2.37. The summed E-state index contributed by atoms with van der Waals surface area (Å²) in [6, 6.07) is 0.348. The van der Waals surface area contributed by atoms with E-state index in [-0.39, 0.29) is 12.8 Å². The summed E-state index contributed by atoms with van der Waals surface area (Å²) in [5.41, 5.74) is 0. The predicted octanol–water partition coefficient (Wildman–Crippen LogP) is 3.46. The van der Waals surface area contributed by atoms with Crippen LogP contribution in [0.4, 0.5) is 8.78 Å². The Hall–Kier alpha value is -0.220. The van der Waals surface area contributed by atoms with Crippen LogP contribution in [0.25, 0.3) is 0 Å². The van der Waals surface area contributed by atoms with Crippen molar-refractivity contribution in [3.05, 3.63) is 0 Å². The quantitative estimate of drug-likeness (QED) is 0.759. The second-order valence-corrected chi connectivity index (χ2v) is 5.54. The van der Waals surface area contributed by atoms with Gasteiger partial charge in [-0.2, -0.15) is 0 Å². The van der Waals surface area contributed by atoms with Crippen molar-refractivity contribution in [1.29, 1.82) is 0 Å². The lowest BCUT2D eigenvalue weighted by Gasteiger charge is -2.37. The first-order valence-corrected chi connectivity index (χ1v) is 7.10. The summed E-state index contributed by atoms with van der Waals surface area (Å²) in [5, 5.41) is 3.49. The number of hydrogen-bond acceptors (Lipinski definition) is 2. The summed E-state index contributed by atoms with van der Waals surface area (Å²) in [5.74, 6) is -1.57. The Morgan fingerprint density at radius 1 is 1.33 bits per heavy atom. The lowest BCUT2D eigenvalue weighted by molar-refractivity contribution is -0.0521. The number of methoxy groups -OCH3 is 1. The lowest BCUT2D eigenvalue weighted by atomic mass is 9.77. The van der Waals surface area contributed by atoms with Gasteiger partial charge in [-0.3, -0.25) is 0 Å². The smallest absolute Gasteiger partial charge is 0.248 e. The van der Waals surface area contributed by atoms with Crippen LogP contribution in [-0.4, -0.2) is 32.2 Å². The van der Waals surface area contributed by atoms with Crippen LogP contribution in [0.5, 0.6) is 0 Å². The molecule has 0 aromatic rings. The minimum absolute atomic E-state index is 0.0521. The molecule has 0 aromatic heterocycles. The number of nitrogens with one attached hydrogen (secondary N) is 1. The summed E-state index contributed by atoms with van der Waals surface area (Å²) >= 11 is 0. The minimum Gasteiger partial charge on any atom is -0.385 e. The molecule has 2 atom stereocenters. The molecule has 1 aliphatic rings. The molecule has 0 aromatic carbocycles. The Morgan fingerprint density at radius 3 is 2.44 bits per heavy atom. The molecule has 0 heterocycles. The molecule has 2 nitrogen and oxygen atoms in total. The molecule has 4 heteroatoms. The first-order chi connectivity index (χ1) is 8.50.